The van der Waals surface area contributed by atoms with E-state index < -0.39 is 0 Å². The largest absolute Gasteiger partial charge is 0.277 e. The SMILES string of the molecule is N#CCN1CSc2ccccc2C1. The summed E-state index contributed by atoms with van der Waals surface area (Å²) in [5, 5.41) is 8.57. The number of benzene rings is 1. The summed E-state index contributed by atoms with van der Waals surface area (Å²) in [5.41, 5.74) is 1.34. The van der Waals surface area contributed by atoms with Gasteiger partial charge in [0.1, 0.15) is 0 Å². The van der Waals surface area contributed by atoms with Crippen LogP contribution in [-0.2, 0) is 6.54 Å². The summed E-state index contributed by atoms with van der Waals surface area (Å²) in [7, 11) is 0. The van der Waals surface area contributed by atoms with Crippen molar-refractivity contribution in [2.75, 3.05) is 12.4 Å². The Hall–Kier alpha value is -0.980. The first kappa shape index (κ1) is 8.61. The average molecular weight is 190 g/mol. The lowest BCUT2D eigenvalue weighted by Gasteiger charge is -2.25. The van der Waals surface area contributed by atoms with Gasteiger partial charge < -0.3 is 0 Å². The van der Waals surface area contributed by atoms with Gasteiger partial charge in [0, 0.05) is 11.4 Å². The fraction of sp³-hybridized carbons (Fsp3) is 0.300. The minimum absolute atomic E-state index is 0.529. The van der Waals surface area contributed by atoms with E-state index in [2.05, 4.69) is 35.2 Å². The Morgan fingerprint density at radius 1 is 1.46 bits per heavy atom. The van der Waals surface area contributed by atoms with E-state index in [0.29, 0.717) is 6.54 Å². The van der Waals surface area contributed by atoms with Crippen molar-refractivity contribution < 1.29 is 0 Å². The molecule has 66 valence electrons. The summed E-state index contributed by atoms with van der Waals surface area (Å²) in [6.07, 6.45) is 0. The number of fused-ring (bicyclic) bond motifs is 1. The van der Waals surface area contributed by atoms with Gasteiger partial charge in [-0.2, -0.15) is 5.26 Å². The van der Waals surface area contributed by atoms with Crippen LogP contribution in [0.4, 0.5) is 0 Å². The smallest absolute Gasteiger partial charge is 0.0875 e. The molecule has 1 aliphatic rings. The van der Waals surface area contributed by atoms with Crippen molar-refractivity contribution >= 4 is 11.8 Å². The van der Waals surface area contributed by atoms with Crippen molar-refractivity contribution in [1.29, 1.82) is 5.26 Å². The third-order valence-corrected chi connectivity index (χ3v) is 3.27. The van der Waals surface area contributed by atoms with Crippen LogP contribution < -0.4 is 0 Å². The molecule has 1 aromatic carbocycles. The van der Waals surface area contributed by atoms with Gasteiger partial charge in [-0.05, 0) is 11.6 Å². The highest BCUT2D eigenvalue weighted by Gasteiger charge is 2.14. The predicted octanol–water partition coefficient (Wildman–Crippen LogP) is 2.08. The quantitative estimate of drug-likeness (QED) is 0.634. The molecule has 0 saturated carbocycles. The minimum Gasteiger partial charge on any atom is -0.277 e. The third kappa shape index (κ3) is 1.85. The predicted molar refractivity (Wildman–Crippen MR) is 53.2 cm³/mol. The first-order chi connectivity index (χ1) is 6.40. The molecule has 0 unspecified atom stereocenters. The van der Waals surface area contributed by atoms with Crippen molar-refractivity contribution in [2.45, 2.75) is 11.4 Å². The molecular weight excluding hydrogens is 180 g/mol. The zero-order valence-corrected chi connectivity index (χ0v) is 8.05. The molecule has 0 amide bonds. The van der Waals surface area contributed by atoms with E-state index in [-0.39, 0.29) is 0 Å². The second-order valence-corrected chi connectivity index (χ2v) is 4.01. The topological polar surface area (TPSA) is 27.0 Å². The molecule has 3 heteroatoms. The first-order valence-electron chi connectivity index (χ1n) is 4.20. The summed E-state index contributed by atoms with van der Waals surface area (Å²) >= 11 is 1.81. The van der Waals surface area contributed by atoms with Gasteiger partial charge >= 0.3 is 0 Å². The standard InChI is InChI=1S/C10H10N2S/c11-5-6-12-7-9-3-1-2-4-10(9)13-8-12/h1-4H,6-8H2. The van der Waals surface area contributed by atoms with Gasteiger partial charge in [-0.25, -0.2) is 0 Å². The van der Waals surface area contributed by atoms with Gasteiger partial charge in [-0.1, -0.05) is 18.2 Å². The molecule has 0 saturated heterocycles. The second-order valence-electron chi connectivity index (χ2n) is 3.03. The van der Waals surface area contributed by atoms with Crippen LogP contribution in [0.2, 0.25) is 0 Å². The van der Waals surface area contributed by atoms with Gasteiger partial charge in [0.15, 0.2) is 0 Å². The highest BCUT2D eigenvalue weighted by atomic mass is 32.2. The molecule has 1 aliphatic heterocycles. The maximum absolute atomic E-state index is 8.57. The highest BCUT2D eigenvalue weighted by Crippen LogP contribution is 2.29. The van der Waals surface area contributed by atoms with Crippen LogP contribution in [-0.4, -0.2) is 17.3 Å². The Morgan fingerprint density at radius 2 is 2.31 bits per heavy atom. The molecular formula is C10H10N2S. The van der Waals surface area contributed by atoms with Gasteiger partial charge in [-0.3, -0.25) is 4.90 Å². The molecule has 0 N–H and O–H groups in total. The number of hydrogen-bond acceptors (Lipinski definition) is 3. The third-order valence-electron chi connectivity index (χ3n) is 2.06. The average Bonchev–Trinajstić information content (AvgIpc) is 2.18. The zero-order valence-electron chi connectivity index (χ0n) is 7.23. The van der Waals surface area contributed by atoms with Crippen LogP contribution in [0.1, 0.15) is 5.56 Å². The number of nitrogens with zero attached hydrogens (tertiary/aromatic N) is 2. The van der Waals surface area contributed by atoms with E-state index >= 15 is 0 Å². The van der Waals surface area contributed by atoms with Crippen molar-refractivity contribution in [1.82, 2.24) is 4.90 Å². The molecule has 0 fully saturated rings. The fourth-order valence-electron chi connectivity index (χ4n) is 1.42. The summed E-state index contributed by atoms with van der Waals surface area (Å²) < 4.78 is 0. The molecule has 0 atom stereocenters. The van der Waals surface area contributed by atoms with E-state index in [1.165, 1.54) is 10.5 Å². The Balaban J connectivity index is 2.16. The Bertz CT molecular complexity index is 343. The van der Waals surface area contributed by atoms with E-state index in [1.807, 2.05) is 11.8 Å². The Kier molecular flexibility index (Phi) is 2.53. The van der Waals surface area contributed by atoms with Gasteiger partial charge in [-0.15, -0.1) is 11.8 Å². The van der Waals surface area contributed by atoms with Crippen LogP contribution in [0.5, 0.6) is 0 Å². The van der Waals surface area contributed by atoms with E-state index in [0.717, 1.165) is 12.4 Å². The minimum atomic E-state index is 0.529. The molecule has 0 aromatic heterocycles. The molecule has 0 bridgehead atoms. The summed E-state index contributed by atoms with van der Waals surface area (Å²) in [6.45, 7) is 1.44. The molecule has 1 heterocycles. The van der Waals surface area contributed by atoms with Crippen LogP contribution in [0.15, 0.2) is 29.2 Å². The van der Waals surface area contributed by atoms with Crippen LogP contribution in [0.3, 0.4) is 0 Å². The summed E-state index contributed by atoms with van der Waals surface area (Å²) in [6, 6.07) is 10.6. The molecule has 0 radical (unpaired) electrons. The lowest BCUT2D eigenvalue weighted by Crippen LogP contribution is -2.26. The molecule has 0 spiro atoms. The number of rotatable bonds is 1. The van der Waals surface area contributed by atoms with Crippen molar-refractivity contribution in [3.05, 3.63) is 29.8 Å². The zero-order chi connectivity index (χ0) is 9.10. The van der Waals surface area contributed by atoms with Gasteiger partial charge in [0.05, 0.1) is 18.5 Å². The van der Waals surface area contributed by atoms with Crippen molar-refractivity contribution in [3.8, 4) is 6.07 Å². The lowest BCUT2D eigenvalue weighted by molar-refractivity contribution is 0.343. The second kappa shape index (κ2) is 3.82. The Labute approximate surface area is 82.2 Å². The first-order valence-corrected chi connectivity index (χ1v) is 5.19. The number of nitriles is 1. The molecule has 2 rings (SSSR count). The molecule has 0 aliphatic carbocycles. The van der Waals surface area contributed by atoms with Gasteiger partial charge in [0.2, 0.25) is 0 Å². The maximum atomic E-state index is 8.57. The Morgan fingerprint density at radius 3 is 3.15 bits per heavy atom. The van der Waals surface area contributed by atoms with Gasteiger partial charge in [0.25, 0.3) is 0 Å². The van der Waals surface area contributed by atoms with Crippen molar-refractivity contribution in [2.24, 2.45) is 0 Å². The molecule has 13 heavy (non-hydrogen) atoms. The normalized spacial score (nSPS) is 16.2. The number of hydrogen-bond donors (Lipinski definition) is 0. The van der Waals surface area contributed by atoms with Crippen LogP contribution >= 0.6 is 11.8 Å². The fourth-order valence-corrected chi connectivity index (χ4v) is 2.42. The monoisotopic (exact) mass is 190 g/mol. The summed E-state index contributed by atoms with van der Waals surface area (Å²) in [4.78, 5) is 3.50. The maximum Gasteiger partial charge on any atom is 0.0875 e. The molecule has 1 aromatic rings. The van der Waals surface area contributed by atoms with E-state index in [1.54, 1.807) is 0 Å². The van der Waals surface area contributed by atoms with E-state index in [4.69, 9.17) is 5.26 Å². The molecule has 2 nitrogen and oxygen atoms in total. The van der Waals surface area contributed by atoms with Crippen LogP contribution in [0, 0.1) is 11.3 Å². The van der Waals surface area contributed by atoms with Crippen molar-refractivity contribution in [3.63, 3.8) is 0 Å². The number of thioether (sulfide) groups is 1. The van der Waals surface area contributed by atoms with E-state index in [9.17, 15) is 0 Å². The lowest BCUT2D eigenvalue weighted by atomic mass is 10.2. The van der Waals surface area contributed by atoms with Crippen LogP contribution in [0.25, 0.3) is 0 Å². The summed E-state index contributed by atoms with van der Waals surface area (Å²) in [5.74, 6) is 0.935. The highest BCUT2D eigenvalue weighted by molar-refractivity contribution is 7.99.